The fourth-order valence-corrected chi connectivity index (χ4v) is 0.969. The standard InChI is InChI=1S/C5H6N4S2/c6-5(10)9-7-3-4-1-2-8-11-4/h1-3H,(H3,6,9,10). The predicted molar refractivity (Wildman–Crippen MR) is 49.6 cm³/mol. The smallest absolute Gasteiger partial charge is 0.184 e. The molecule has 3 N–H and O–H groups in total. The number of nitrogens with two attached hydrogens (primary N) is 1. The van der Waals surface area contributed by atoms with E-state index in [9.17, 15) is 0 Å². The van der Waals surface area contributed by atoms with Crippen LogP contribution < -0.4 is 11.2 Å². The Bertz CT molecular complexity index is 253. The normalized spacial score (nSPS) is 10.2. The number of nitrogens with one attached hydrogen (secondary N) is 1. The van der Waals surface area contributed by atoms with Crippen LogP contribution in [-0.4, -0.2) is 15.7 Å². The van der Waals surface area contributed by atoms with E-state index in [0.29, 0.717) is 0 Å². The van der Waals surface area contributed by atoms with Gasteiger partial charge in [0.25, 0.3) is 0 Å². The summed E-state index contributed by atoms with van der Waals surface area (Å²) in [5.41, 5.74) is 7.57. The highest BCUT2D eigenvalue weighted by Crippen LogP contribution is 1.98. The molecule has 0 radical (unpaired) electrons. The molecular weight excluding hydrogens is 180 g/mol. The van der Waals surface area contributed by atoms with Gasteiger partial charge in [0.2, 0.25) is 0 Å². The minimum atomic E-state index is 0.158. The quantitative estimate of drug-likeness (QED) is 0.396. The highest BCUT2D eigenvalue weighted by atomic mass is 32.1. The molecular formula is C5H6N4S2. The van der Waals surface area contributed by atoms with Crippen LogP contribution in [0.2, 0.25) is 0 Å². The highest BCUT2D eigenvalue weighted by Gasteiger charge is 1.86. The molecule has 1 heterocycles. The zero-order valence-electron chi connectivity index (χ0n) is 5.52. The van der Waals surface area contributed by atoms with Gasteiger partial charge in [-0.1, -0.05) is 0 Å². The Kier molecular flexibility index (Phi) is 2.94. The molecule has 0 unspecified atom stereocenters. The fourth-order valence-electron chi connectivity index (χ4n) is 0.452. The second-order valence-corrected chi connectivity index (χ2v) is 2.95. The van der Waals surface area contributed by atoms with E-state index in [0.717, 1.165) is 4.88 Å². The predicted octanol–water partition coefficient (Wildman–Crippen LogP) is 0.310. The van der Waals surface area contributed by atoms with E-state index >= 15 is 0 Å². The minimum Gasteiger partial charge on any atom is -0.375 e. The fraction of sp³-hybridized carbons (Fsp3) is 0. The lowest BCUT2D eigenvalue weighted by molar-refractivity contribution is 1.04. The van der Waals surface area contributed by atoms with Crippen molar-refractivity contribution in [3.8, 4) is 0 Å². The van der Waals surface area contributed by atoms with E-state index < -0.39 is 0 Å². The first-order valence-electron chi connectivity index (χ1n) is 2.78. The summed E-state index contributed by atoms with van der Waals surface area (Å²) in [7, 11) is 0. The van der Waals surface area contributed by atoms with Gasteiger partial charge in [0.15, 0.2) is 5.11 Å². The first-order valence-corrected chi connectivity index (χ1v) is 3.96. The molecule has 0 spiro atoms. The molecule has 0 bridgehead atoms. The summed E-state index contributed by atoms with van der Waals surface area (Å²) in [4.78, 5) is 0.953. The topological polar surface area (TPSA) is 63.3 Å². The first-order chi connectivity index (χ1) is 5.29. The molecule has 0 fully saturated rings. The van der Waals surface area contributed by atoms with Gasteiger partial charge >= 0.3 is 0 Å². The van der Waals surface area contributed by atoms with Crippen molar-refractivity contribution in [1.29, 1.82) is 0 Å². The third kappa shape index (κ3) is 3.06. The van der Waals surface area contributed by atoms with Crippen LogP contribution in [0.3, 0.4) is 0 Å². The van der Waals surface area contributed by atoms with Crippen LogP contribution in [0.15, 0.2) is 17.4 Å². The van der Waals surface area contributed by atoms with Crippen molar-refractivity contribution in [1.82, 2.24) is 9.80 Å². The van der Waals surface area contributed by atoms with Crippen LogP contribution in [-0.2, 0) is 0 Å². The second kappa shape index (κ2) is 3.99. The summed E-state index contributed by atoms with van der Waals surface area (Å²) in [5, 5.41) is 3.90. The number of aromatic nitrogens is 1. The summed E-state index contributed by atoms with van der Waals surface area (Å²) in [5.74, 6) is 0. The van der Waals surface area contributed by atoms with Gasteiger partial charge in [-0.25, -0.2) is 4.37 Å². The number of rotatable bonds is 2. The summed E-state index contributed by atoms with van der Waals surface area (Å²) in [6, 6.07) is 1.84. The molecule has 58 valence electrons. The van der Waals surface area contributed by atoms with Crippen LogP contribution >= 0.6 is 23.8 Å². The lowest BCUT2D eigenvalue weighted by atomic mass is 10.5. The highest BCUT2D eigenvalue weighted by molar-refractivity contribution is 7.80. The molecule has 1 aromatic heterocycles. The summed E-state index contributed by atoms with van der Waals surface area (Å²) < 4.78 is 3.88. The molecule has 0 atom stereocenters. The lowest BCUT2D eigenvalue weighted by Gasteiger charge is -1.90. The molecule has 0 aliphatic rings. The third-order valence-electron chi connectivity index (χ3n) is 0.824. The average Bonchev–Trinajstić information content (AvgIpc) is 2.39. The second-order valence-electron chi connectivity index (χ2n) is 1.65. The molecule has 0 saturated carbocycles. The van der Waals surface area contributed by atoms with Gasteiger partial charge in [-0.05, 0) is 29.8 Å². The largest absolute Gasteiger partial charge is 0.375 e. The molecule has 11 heavy (non-hydrogen) atoms. The van der Waals surface area contributed by atoms with Gasteiger partial charge in [0.1, 0.15) is 0 Å². The van der Waals surface area contributed by atoms with Crippen molar-refractivity contribution in [2.45, 2.75) is 0 Å². The van der Waals surface area contributed by atoms with Gasteiger partial charge in [0, 0.05) is 6.20 Å². The Morgan fingerprint density at radius 1 is 1.91 bits per heavy atom. The molecule has 1 rings (SSSR count). The van der Waals surface area contributed by atoms with Crippen LogP contribution in [0.25, 0.3) is 0 Å². The van der Waals surface area contributed by atoms with Crippen LogP contribution in [0.5, 0.6) is 0 Å². The molecule has 4 nitrogen and oxygen atoms in total. The van der Waals surface area contributed by atoms with Crippen molar-refractivity contribution in [3.63, 3.8) is 0 Å². The number of nitrogens with zero attached hydrogens (tertiary/aromatic N) is 2. The Balaban J connectivity index is 2.43. The maximum atomic E-state index is 5.13. The molecule has 0 amide bonds. The van der Waals surface area contributed by atoms with Gasteiger partial charge in [-0.2, -0.15) is 5.10 Å². The molecule has 6 heteroatoms. The summed E-state index contributed by atoms with van der Waals surface area (Å²) >= 11 is 5.88. The van der Waals surface area contributed by atoms with Gasteiger partial charge in [0.05, 0.1) is 11.1 Å². The lowest BCUT2D eigenvalue weighted by Crippen LogP contribution is -2.23. The van der Waals surface area contributed by atoms with Crippen molar-refractivity contribution in [2.75, 3.05) is 0 Å². The Labute approximate surface area is 73.3 Å². The maximum absolute atomic E-state index is 5.13. The van der Waals surface area contributed by atoms with Crippen molar-refractivity contribution in [3.05, 3.63) is 17.1 Å². The Morgan fingerprint density at radius 2 is 2.73 bits per heavy atom. The number of hydrogen-bond donors (Lipinski definition) is 2. The maximum Gasteiger partial charge on any atom is 0.184 e. The SMILES string of the molecule is NC(=S)NN=Cc1ccns1. The van der Waals surface area contributed by atoms with Gasteiger partial charge < -0.3 is 5.73 Å². The van der Waals surface area contributed by atoms with Gasteiger partial charge in [-0.3, -0.25) is 5.43 Å². The van der Waals surface area contributed by atoms with Crippen molar-refractivity contribution >= 4 is 35.1 Å². The van der Waals surface area contributed by atoms with Crippen molar-refractivity contribution in [2.24, 2.45) is 10.8 Å². The van der Waals surface area contributed by atoms with Crippen LogP contribution in [0.4, 0.5) is 0 Å². The van der Waals surface area contributed by atoms with Crippen molar-refractivity contribution < 1.29 is 0 Å². The zero-order valence-corrected chi connectivity index (χ0v) is 7.15. The molecule has 0 aliphatic heterocycles. The molecule has 0 aromatic carbocycles. The molecule has 1 aromatic rings. The number of hydrogen-bond acceptors (Lipinski definition) is 4. The minimum absolute atomic E-state index is 0.158. The number of hydrazone groups is 1. The van der Waals surface area contributed by atoms with E-state index in [1.807, 2.05) is 6.07 Å². The molecule has 0 aliphatic carbocycles. The summed E-state index contributed by atoms with van der Waals surface area (Å²) in [6.07, 6.45) is 3.31. The number of thiocarbonyl (C=S) groups is 1. The summed E-state index contributed by atoms with van der Waals surface area (Å²) in [6.45, 7) is 0. The zero-order chi connectivity index (χ0) is 8.10. The van der Waals surface area contributed by atoms with Crippen LogP contribution in [0, 0.1) is 0 Å². The molecule has 0 saturated heterocycles. The third-order valence-corrected chi connectivity index (χ3v) is 1.60. The first kappa shape index (κ1) is 8.09. The van der Waals surface area contributed by atoms with E-state index in [1.165, 1.54) is 11.5 Å². The van der Waals surface area contributed by atoms with E-state index in [1.54, 1.807) is 12.4 Å². The van der Waals surface area contributed by atoms with E-state index in [2.05, 4.69) is 27.1 Å². The average molecular weight is 186 g/mol. The Hall–Kier alpha value is -1.01. The monoisotopic (exact) mass is 186 g/mol. The Morgan fingerprint density at radius 3 is 3.27 bits per heavy atom. The van der Waals surface area contributed by atoms with Gasteiger partial charge in [-0.15, -0.1) is 0 Å². The van der Waals surface area contributed by atoms with E-state index in [-0.39, 0.29) is 5.11 Å². The van der Waals surface area contributed by atoms with E-state index in [4.69, 9.17) is 5.73 Å². The van der Waals surface area contributed by atoms with Crippen LogP contribution in [0.1, 0.15) is 4.88 Å².